The summed E-state index contributed by atoms with van der Waals surface area (Å²) in [7, 11) is 0. The average molecular weight is 369 g/mol. The first kappa shape index (κ1) is 14.7. The van der Waals surface area contributed by atoms with Crippen molar-refractivity contribution in [3.63, 3.8) is 0 Å². The van der Waals surface area contributed by atoms with E-state index in [0.29, 0.717) is 6.79 Å². The molecule has 5 heteroatoms. The lowest BCUT2D eigenvalue weighted by Crippen LogP contribution is -2.18. The molecule has 0 aromatic heterocycles. The molecule has 0 spiro atoms. The highest BCUT2D eigenvalue weighted by molar-refractivity contribution is 9.10. The zero-order valence-electron chi connectivity index (χ0n) is 11.5. The average Bonchev–Trinajstić information content (AvgIpc) is 2.92. The van der Waals surface area contributed by atoms with Crippen LogP contribution < -0.4 is 14.8 Å². The van der Waals surface area contributed by atoms with E-state index in [4.69, 9.17) is 21.1 Å². The van der Waals surface area contributed by atoms with Crippen LogP contribution in [0.1, 0.15) is 24.1 Å². The van der Waals surface area contributed by atoms with Crippen LogP contribution in [0.15, 0.2) is 40.9 Å². The monoisotopic (exact) mass is 367 g/mol. The number of nitrogens with one attached hydrogen (secondary N) is 1. The molecule has 2 aromatic carbocycles. The van der Waals surface area contributed by atoms with E-state index in [1.165, 1.54) is 5.56 Å². The van der Waals surface area contributed by atoms with Gasteiger partial charge in [-0.3, -0.25) is 0 Å². The van der Waals surface area contributed by atoms with Gasteiger partial charge in [-0.15, -0.1) is 0 Å². The van der Waals surface area contributed by atoms with Crippen molar-refractivity contribution in [2.45, 2.75) is 19.5 Å². The second-order valence-electron chi connectivity index (χ2n) is 4.95. The Morgan fingerprint density at radius 1 is 1.19 bits per heavy atom. The van der Waals surface area contributed by atoms with Crippen LogP contribution in [0.3, 0.4) is 0 Å². The third-order valence-corrected chi connectivity index (χ3v) is 4.50. The van der Waals surface area contributed by atoms with Gasteiger partial charge in [-0.1, -0.05) is 39.7 Å². The van der Waals surface area contributed by atoms with Crippen molar-refractivity contribution in [1.29, 1.82) is 0 Å². The maximum atomic E-state index is 5.91. The lowest BCUT2D eigenvalue weighted by molar-refractivity contribution is 0.174. The Morgan fingerprint density at radius 2 is 1.86 bits per heavy atom. The van der Waals surface area contributed by atoms with Gasteiger partial charge in [-0.2, -0.15) is 0 Å². The van der Waals surface area contributed by atoms with E-state index in [2.05, 4.69) is 28.2 Å². The Labute approximate surface area is 137 Å². The van der Waals surface area contributed by atoms with Crippen LogP contribution in [0, 0.1) is 0 Å². The van der Waals surface area contributed by atoms with Gasteiger partial charge in [0.25, 0.3) is 0 Å². The third kappa shape index (κ3) is 3.34. The molecular weight excluding hydrogens is 354 g/mol. The Balaban J connectivity index is 1.68. The second kappa shape index (κ2) is 6.26. The fourth-order valence-electron chi connectivity index (χ4n) is 2.23. The first-order chi connectivity index (χ1) is 10.1. The van der Waals surface area contributed by atoms with Gasteiger partial charge >= 0.3 is 0 Å². The molecule has 0 saturated carbocycles. The molecule has 1 atom stereocenters. The van der Waals surface area contributed by atoms with Gasteiger partial charge in [-0.05, 0) is 42.3 Å². The number of rotatable bonds is 4. The molecule has 1 heterocycles. The summed E-state index contributed by atoms with van der Waals surface area (Å²) in [5.74, 6) is 1.59. The molecule has 0 amide bonds. The zero-order valence-corrected chi connectivity index (χ0v) is 13.9. The Bertz CT molecular complexity index is 645. The summed E-state index contributed by atoms with van der Waals surface area (Å²) in [5, 5.41) is 4.25. The molecule has 1 N–H and O–H groups in total. The number of hydrogen-bond donors (Lipinski definition) is 1. The number of benzene rings is 2. The molecule has 0 bridgehead atoms. The molecule has 3 nitrogen and oxygen atoms in total. The van der Waals surface area contributed by atoms with Gasteiger partial charge < -0.3 is 14.8 Å². The first-order valence-corrected chi connectivity index (χ1v) is 7.87. The van der Waals surface area contributed by atoms with Crippen LogP contribution in [0.2, 0.25) is 5.02 Å². The smallest absolute Gasteiger partial charge is 0.231 e. The summed E-state index contributed by atoms with van der Waals surface area (Å²) in [6, 6.07) is 12.1. The van der Waals surface area contributed by atoms with Crippen molar-refractivity contribution in [3.8, 4) is 11.5 Å². The summed E-state index contributed by atoms with van der Waals surface area (Å²) in [6.07, 6.45) is 0. The van der Waals surface area contributed by atoms with Crippen LogP contribution in [-0.4, -0.2) is 6.79 Å². The van der Waals surface area contributed by atoms with E-state index < -0.39 is 0 Å². The third-order valence-electron chi connectivity index (χ3n) is 3.51. The minimum Gasteiger partial charge on any atom is -0.454 e. The summed E-state index contributed by atoms with van der Waals surface area (Å²) >= 11 is 9.48. The van der Waals surface area contributed by atoms with Gasteiger partial charge in [0.05, 0.1) is 0 Å². The summed E-state index contributed by atoms with van der Waals surface area (Å²) in [4.78, 5) is 0. The van der Waals surface area contributed by atoms with E-state index in [1.54, 1.807) is 0 Å². The van der Waals surface area contributed by atoms with E-state index in [1.807, 2.05) is 36.4 Å². The first-order valence-electron chi connectivity index (χ1n) is 6.70. The van der Waals surface area contributed by atoms with Gasteiger partial charge in [0.2, 0.25) is 6.79 Å². The lowest BCUT2D eigenvalue weighted by atomic mass is 10.1. The predicted molar refractivity (Wildman–Crippen MR) is 87.0 cm³/mol. The zero-order chi connectivity index (χ0) is 14.8. The standard InChI is InChI=1S/C16H15BrClNO2/c1-10(11-2-4-13(18)5-3-11)19-8-12-6-15-16(7-14(12)17)21-9-20-15/h2-7,10,19H,8-9H2,1H3/t10-/m0/s1. The highest BCUT2D eigenvalue weighted by atomic mass is 79.9. The molecule has 0 saturated heterocycles. The molecule has 110 valence electrons. The number of fused-ring (bicyclic) bond motifs is 1. The fraction of sp³-hybridized carbons (Fsp3) is 0.250. The Hall–Kier alpha value is -1.23. The molecule has 0 radical (unpaired) electrons. The molecule has 2 aromatic rings. The molecule has 0 aliphatic carbocycles. The molecule has 0 fully saturated rings. The topological polar surface area (TPSA) is 30.5 Å². The SMILES string of the molecule is C[C@H](NCc1cc2c(cc1Br)OCO2)c1ccc(Cl)cc1. The lowest BCUT2D eigenvalue weighted by Gasteiger charge is -2.15. The van der Waals surface area contributed by atoms with E-state index in [0.717, 1.165) is 33.1 Å². The Morgan fingerprint density at radius 3 is 2.57 bits per heavy atom. The van der Waals surface area contributed by atoms with E-state index >= 15 is 0 Å². The van der Waals surface area contributed by atoms with Crippen molar-refractivity contribution in [2.75, 3.05) is 6.79 Å². The molecular formula is C16H15BrClNO2. The van der Waals surface area contributed by atoms with Crippen LogP contribution in [0.4, 0.5) is 0 Å². The largest absolute Gasteiger partial charge is 0.454 e. The summed E-state index contributed by atoms with van der Waals surface area (Å²) in [5.41, 5.74) is 2.34. The highest BCUT2D eigenvalue weighted by Gasteiger charge is 2.16. The molecule has 1 aliphatic heterocycles. The van der Waals surface area contributed by atoms with E-state index in [9.17, 15) is 0 Å². The summed E-state index contributed by atoms with van der Waals surface area (Å²) in [6.45, 7) is 3.16. The molecule has 1 aliphatic rings. The van der Waals surface area contributed by atoms with Crippen molar-refractivity contribution in [2.24, 2.45) is 0 Å². The molecule has 21 heavy (non-hydrogen) atoms. The fourth-order valence-corrected chi connectivity index (χ4v) is 2.82. The van der Waals surface area contributed by atoms with Gasteiger partial charge in [0.1, 0.15) is 0 Å². The van der Waals surface area contributed by atoms with Crippen LogP contribution >= 0.6 is 27.5 Å². The number of halogens is 2. The van der Waals surface area contributed by atoms with Crippen molar-refractivity contribution < 1.29 is 9.47 Å². The quantitative estimate of drug-likeness (QED) is 0.850. The van der Waals surface area contributed by atoms with Crippen molar-refractivity contribution in [1.82, 2.24) is 5.32 Å². The normalized spacial score (nSPS) is 14.2. The maximum absolute atomic E-state index is 5.91. The van der Waals surface area contributed by atoms with E-state index in [-0.39, 0.29) is 6.04 Å². The number of ether oxygens (including phenoxy) is 2. The van der Waals surface area contributed by atoms with Crippen molar-refractivity contribution >= 4 is 27.5 Å². The highest BCUT2D eigenvalue weighted by Crippen LogP contribution is 2.37. The minimum absolute atomic E-state index is 0.236. The van der Waals surface area contributed by atoms with Crippen LogP contribution in [0.5, 0.6) is 11.5 Å². The Kier molecular flexibility index (Phi) is 4.38. The molecule has 0 unspecified atom stereocenters. The summed E-state index contributed by atoms with van der Waals surface area (Å²) < 4.78 is 11.8. The predicted octanol–water partition coefficient (Wildman–Crippen LogP) is 4.68. The van der Waals surface area contributed by atoms with Gasteiger partial charge in [0, 0.05) is 22.1 Å². The second-order valence-corrected chi connectivity index (χ2v) is 6.24. The molecule has 3 rings (SSSR count). The van der Waals surface area contributed by atoms with Crippen LogP contribution in [0.25, 0.3) is 0 Å². The number of hydrogen-bond acceptors (Lipinski definition) is 3. The van der Waals surface area contributed by atoms with Gasteiger partial charge in [0.15, 0.2) is 11.5 Å². The van der Waals surface area contributed by atoms with Crippen LogP contribution in [-0.2, 0) is 6.54 Å². The van der Waals surface area contributed by atoms with Crippen molar-refractivity contribution in [3.05, 3.63) is 57.0 Å². The van der Waals surface area contributed by atoms with Gasteiger partial charge in [-0.25, -0.2) is 0 Å². The minimum atomic E-state index is 0.236. The maximum Gasteiger partial charge on any atom is 0.231 e.